The van der Waals surface area contributed by atoms with Crippen LogP contribution < -0.4 is 20.7 Å². The van der Waals surface area contributed by atoms with Crippen LogP contribution in [0.15, 0.2) is 36.5 Å². The average Bonchev–Trinajstić information content (AvgIpc) is 3.17. The number of hydrogen-bond donors (Lipinski definition) is 3. The van der Waals surface area contributed by atoms with Crippen LogP contribution in [-0.4, -0.2) is 53.3 Å². The number of nitrogens with zero attached hydrogens (tertiary/aromatic N) is 3. The Morgan fingerprint density at radius 3 is 2.63 bits per heavy atom. The number of nitrogens with one attached hydrogen (secondary N) is 3. The fourth-order valence-electron chi connectivity index (χ4n) is 3.09. The third kappa shape index (κ3) is 7.15. The molecule has 0 bridgehead atoms. The van der Waals surface area contributed by atoms with Crippen molar-refractivity contribution in [1.82, 2.24) is 25.4 Å². The molecule has 0 saturated heterocycles. The maximum Gasteiger partial charge on any atom is 0.433 e. The highest BCUT2D eigenvalue weighted by Gasteiger charge is 2.33. The minimum Gasteiger partial charge on any atom is -0.491 e. The lowest BCUT2D eigenvalue weighted by atomic mass is 10.2. The van der Waals surface area contributed by atoms with Gasteiger partial charge in [0.1, 0.15) is 23.7 Å². The number of aromatic nitrogens is 3. The van der Waals surface area contributed by atoms with Crippen molar-refractivity contribution in [2.45, 2.75) is 26.6 Å². The third-order valence-electron chi connectivity index (χ3n) is 4.75. The monoisotopic (exact) mass is 492 g/mol. The van der Waals surface area contributed by atoms with E-state index in [2.05, 4.69) is 26.0 Å². The number of fused-ring (bicyclic) bond motifs is 1. The first-order chi connectivity index (χ1) is 16.6. The van der Waals surface area contributed by atoms with Gasteiger partial charge in [-0.05, 0) is 31.2 Å². The molecule has 0 unspecified atom stereocenters. The van der Waals surface area contributed by atoms with E-state index in [1.807, 2.05) is 13.8 Å². The molecule has 0 saturated carbocycles. The maximum atomic E-state index is 13.0. The molecule has 3 N–H and O–H groups in total. The van der Waals surface area contributed by atoms with Crippen molar-refractivity contribution in [3.63, 3.8) is 0 Å². The lowest BCUT2D eigenvalue weighted by Crippen LogP contribution is -2.33. The highest BCUT2D eigenvalue weighted by Crippen LogP contribution is 2.31. The molecule has 0 fully saturated rings. The molecule has 35 heavy (non-hydrogen) atoms. The van der Waals surface area contributed by atoms with Crippen molar-refractivity contribution < 1.29 is 27.5 Å². The Labute approximate surface area is 200 Å². The predicted octanol–water partition coefficient (Wildman–Crippen LogP) is 3.07. The van der Waals surface area contributed by atoms with Gasteiger partial charge in [0.2, 0.25) is 5.91 Å². The molecule has 0 spiro atoms. The SMILES string of the molecule is CNCCNC(=O)Cn1cc2cc(NC(=O)c3cccc(C(F)(F)F)n3)c(OCC(C)C)cc2n1. The highest BCUT2D eigenvalue weighted by molar-refractivity contribution is 6.05. The van der Waals surface area contributed by atoms with Crippen LogP contribution in [0, 0.1) is 5.92 Å². The second-order valence-electron chi connectivity index (χ2n) is 8.25. The second kappa shape index (κ2) is 11.2. The Kier molecular flexibility index (Phi) is 8.28. The van der Waals surface area contributed by atoms with E-state index in [9.17, 15) is 22.8 Å². The number of rotatable bonds is 10. The number of benzene rings is 1. The lowest BCUT2D eigenvalue weighted by molar-refractivity contribution is -0.141. The highest BCUT2D eigenvalue weighted by atomic mass is 19.4. The Morgan fingerprint density at radius 1 is 1.17 bits per heavy atom. The number of carbonyl (C=O) groups is 2. The summed E-state index contributed by atoms with van der Waals surface area (Å²) in [4.78, 5) is 28.3. The smallest absolute Gasteiger partial charge is 0.433 e. The number of alkyl halides is 3. The molecule has 2 amide bonds. The first-order valence-corrected chi connectivity index (χ1v) is 11.0. The maximum absolute atomic E-state index is 13.0. The molecule has 3 aromatic rings. The van der Waals surface area contributed by atoms with Gasteiger partial charge in [-0.2, -0.15) is 18.3 Å². The van der Waals surface area contributed by atoms with Crippen molar-refractivity contribution in [3.8, 4) is 5.75 Å². The molecule has 9 nitrogen and oxygen atoms in total. The second-order valence-corrected chi connectivity index (χ2v) is 8.25. The van der Waals surface area contributed by atoms with E-state index < -0.39 is 17.8 Å². The van der Waals surface area contributed by atoms with Gasteiger partial charge in [0, 0.05) is 30.7 Å². The van der Waals surface area contributed by atoms with E-state index >= 15 is 0 Å². The molecule has 0 radical (unpaired) electrons. The van der Waals surface area contributed by atoms with Gasteiger partial charge in [0.05, 0.1) is 17.8 Å². The number of hydrogen-bond acceptors (Lipinski definition) is 6. The zero-order chi connectivity index (χ0) is 25.6. The van der Waals surface area contributed by atoms with Crippen molar-refractivity contribution >= 4 is 28.4 Å². The fraction of sp³-hybridized carbons (Fsp3) is 0.391. The normalized spacial score (nSPS) is 11.6. The van der Waals surface area contributed by atoms with Gasteiger partial charge in [-0.15, -0.1) is 0 Å². The van der Waals surface area contributed by atoms with Crippen molar-refractivity contribution in [2.24, 2.45) is 5.92 Å². The summed E-state index contributed by atoms with van der Waals surface area (Å²) in [7, 11) is 1.78. The quantitative estimate of drug-likeness (QED) is 0.375. The molecule has 0 aliphatic rings. The number of halogens is 3. The fourth-order valence-corrected chi connectivity index (χ4v) is 3.09. The topological polar surface area (TPSA) is 110 Å². The van der Waals surface area contributed by atoms with E-state index in [0.717, 1.165) is 12.1 Å². The minimum atomic E-state index is -4.67. The zero-order valence-corrected chi connectivity index (χ0v) is 19.6. The van der Waals surface area contributed by atoms with Gasteiger partial charge in [-0.1, -0.05) is 19.9 Å². The van der Waals surface area contributed by atoms with Gasteiger partial charge in [0.25, 0.3) is 5.91 Å². The van der Waals surface area contributed by atoms with Gasteiger partial charge < -0.3 is 20.7 Å². The summed E-state index contributed by atoms with van der Waals surface area (Å²) in [5.74, 6) is -0.553. The minimum absolute atomic E-state index is 0.00355. The summed E-state index contributed by atoms with van der Waals surface area (Å²) in [6.45, 7) is 5.34. The number of anilines is 1. The number of carbonyl (C=O) groups excluding carboxylic acids is 2. The largest absolute Gasteiger partial charge is 0.491 e. The number of pyridine rings is 1. The molecular formula is C23H27F3N6O3. The summed E-state index contributed by atoms with van der Waals surface area (Å²) in [5.41, 5.74) is -0.767. The third-order valence-corrected chi connectivity index (χ3v) is 4.75. The molecule has 0 aliphatic carbocycles. The van der Waals surface area contributed by atoms with Crippen LogP contribution in [0.3, 0.4) is 0 Å². The number of ether oxygens (including phenoxy) is 1. The molecule has 3 rings (SSSR count). The van der Waals surface area contributed by atoms with Crippen molar-refractivity contribution in [2.75, 3.05) is 32.1 Å². The van der Waals surface area contributed by atoms with Crippen molar-refractivity contribution in [3.05, 3.63) is 47.9 Å². The molecule has 188 valence electrons. The van der Waals surface area contributed by atoms with Crippen LogP contribution in [0.5, 0.6) is 5.75 Å². The zero-order valence-electron chi connectivity index (χ0n) is 19.6. The molecule has 0 aliphatic heterocycles. The first kappa shape index (κ1) is 25.9. The van der Waals surface area contributed by atoms with E-state index in [1.165, 1.54) is 10.7 Å². The molecule has 2 aromatic heterocycles. The van der Waals surface area contributed by atoms with E-state index in [0.29, 0.717) is 36.3 Å². The molecule has 2 heterocycles. The van der Waals surface area contributed by atoms with E-state index in [1.54, 1.807) is 25.4 Å². The molecule has 1 aromatic carbocycles. The van der Waals surface area contributed by atoms with Gasteiger partial charge in [-0.25, -0.2) is 4.98 Å². The Morgan fingerprint density at radius 2 is 1.94 bits per heavy atom. The van der Waals surface area contributed by atoms with Crippen LogP contribution in [0.1, 0.15) is 30.0 Å². The predicted molar refractivity (Wildman–Crippen MR) is 124 cm³/mol. The summed E-state index contributed by atoms with van der Waals surface area (Å²) in [6, 6.07) is 6.32. The number of likely N-dealkylation sites (N-methyl/N-ethyl adjacent to an activating group) is 1. The average molecular weight is 493 g/mol. The van der Waals surface area contributed by atoms with Gasteiger partial charge in [0.15, 0.2) is 0 Å². The first-order valence-electron chi connectivity index (χ1n) is 11.0. The molecule has 12 heteroatoms. The standard InChI is InChI=1S/C23H27F3N6O3/c1-14(2)13-35-19-10-17-15(11-32(31-17)12-21(33)28-8-7-27-3)9-18(19)30-22(34)16-5-4-6-20(29-16)23(24,25)26/h4-6,9-11,14,27H,7-8,12-13H2,1-3H3,(H,28,33)(H,30,34). The Balaban J connectivity index is 1.87. The van der Waals surface area contributed by atoms with Crippen molar-refractivity contribution in [1.29, 1.82) is 0 Å². The summed E-state index contributed by atoms with van der Waals surface area (Å²) < 4.78 is 46.3. The summed E-state index contributed by atoms with van der Waals surface area (Å²) >= 11 is 0. The van der Waals surface area contributed by atoms with Crippen LogP contribution in [0.2, 0.25) is 0 Å². The molecule has 0 atom stereocenters. The van der Waals surface area contributed by atoms with Crippen LogP contribution >= 0.6 is 0 Å². The number of amides is 2. The Hall–Kier alpha value is -3.67. The van der Waals surface area contributed by atoms with Crippen LogP contribution in [0.4, 0.5) is 18.9 Å². The van der Waals surface area contributed by atoms with Gasteiger partial charge in [-0.3, -0.25) is 14.3 Å². The van der Waals surface area contributed by atoms with Gasteiger partial charge >= 0.3 is 6.18 Å². The van der Waals surface area contributed by atoms with Crippen LogP contribution in [-0.2, 0) is 17.5 Å². The summed E-state index contributed by atoms with van der Waals surface area (Å²) in [6.07, 6.45) is -3.04. The Bertz CT molecular complexity index is 1190. The summed E-state index contributed by atoms with van der Waals surface area (Å²) in [5, 5.41) is 13.3. The van der Waals surface area contributed by atoms with E-state index in [4.69, 9.17) is 4.74 Å². The van der Waals surface area contributed by atoms with E-state index in [-0.39, 0.29) is 29.8 Å². The molecular weight excluding hydrogens is 465 g/mol. The lowest BCUT2D eigenvalue weighted by Gasteiger charge is -2.14. The van der Waals surface area contributed by atoms with Crippen LogP contribution in [0.25, 0.3) is 10.9 Å².